The Hall–Kier alpha value is -0.290. The van der Waals surface area contributed by atoms with Crippen molar-refractivity contribution in [2.75, 3.05) is 13.2 Å². The van der Waals surface area contributed by atoms with Crippen molar-refractivity contribution in [3.05, 3.63) is 0 Å². The molecule has 0 rings (SSSR count). The molecular weight excluding hydrogens is 196 g/mol. The van der Waals surface area contributed by atoms with Crippen molar-refractivity contribution in [1.29, 1.82) is 0 Å². The van der Waals surface area contributed by atoms with Crippen LogP contribution in [0.25, 0.3) is 0 Å². The van der Waals surface area contributed by atoms with Gasteiger partial charge in [0.15, 0.2) is 5.05 Å². The molecule has 0 heterocycles. The van der Waals surface area contributed by atoms with Gasteiger partial charge in [-0.05, 0) is 19.1 Å². The molecule has 0 aliphatic carbocycles. The first-order valence-electron chi connectivity index (χ1n) is 3.52. The molecule has 0 bridgehead atoms. The molecule has 0 saturated heterocycles. The van der Waals surface area contributed by atoms with Crippen LogP contribution in [0.1, 0.15) is 13.8 Å². The van der Waals surface area contributed by atoms with Gasteiger partial charge in [-0.3, -0.25) is 4.79 Å². The Labute approximate surface area is 82.8 Å². The maximum absolute atomic E-state index is 10.8. The minimum atomic E-state index is -0.390. The zero-order valence-electron chi connectivity index (χ0n) is 7.07. The number of ether oxygens (including phenoxy) is 2. The molecule has 0 saturated carbocycles. The van der Waals surface area contributed by atoms with Crippen molar-refractivity contribution >= 4 is 35.9 Å². The highest BCUT2D eigenvalue weighted by Gasteiger charge is 2.08. The van der Waals surface area contributed by atoms with Gasteiger partial charge < -0.3 is 9.47 Å². The molecule has 12 heavy (non-hydrogen) atoms. The number of rotatable bonds is 4. The second-order valence-electron chi connectivity index (χ2n) is 2.18. The van der Waals surface area contributed by atoms with Gasteiger partial charge in [-0.1, -0.05) is 0 Å². The zero-order chi connectivity index (χ0) is 9.56. The maximum atomic E-state index is 10.8. The van der Waals surface area contributed by atoms with E-state index < -0.39 is 5.25 Å². The van der Waals surface area contributed by atoms with Crippen molar-refractivity contribution in [3.8, 4) is 0 Å². The Kier molecular flexibility index (Phi) is 6.10. The summed E-state index contributed by atoms with van der Waals surface area (Å²) in [5.41, 5.74) is 0. The third-order valence-corrected chi connectivity index (χ3v) is 1.30. The number of hydrogen-bond donors (Lipinski definition) is 1. The lowest BCUT2D eigenvalue weighted by Crippen LogP contribution is -2.17. The van der Waals surface area contributed by atoms with Crippen LogP contribution in [0.4, 0.5) is 0 Å². The van der Waals surface area contributed by atoms with Crippen LogP contribution in [0.15, 0.2) is 0 Å². The highest BCUT2D eigenvalue weighted by atomic mass is 32.1. The molecule has 0 spiro atoms. The van der Waals surface area contributed by atoms with Gasteiger partial charge in [0.05, 0.1) is 5.25 Å². The molecule has 3 nitrogen and oxygen atoms in total. The summed E-state index contributed by atoms with van der Waals surface area (Å²) in [7, 11) is 0. The summed E-state index contributed by atoms with van der Waals surface area (Å²) in [6.07, 6.45) is 0. The predicted octanol–water partition coefficient (Wildman–Crippen LogP) is 1.21. The van der Waals surface area contributed by atoms with Crippen LogP contribution in [0.2, 0.25) is 0 Å². The zero-order valence-corrected chi connectivity index (χ0v) is 8.78. The van der Waals surface area contributed by atoms with Crippen LogP contribution < -0.4 is 0 Å². The van der Waals surface area contributed by atoms with Gasteiger partial charge in [0.25, 0.3) is 0 Å². The second kappa shape index (κ2) is 6.25. The summed E-state index contributed by atoms with van der Waals surface area (Å²) in [6, 6.07) is 0. The molecule has 0 N–H and O–H groups in total. The average Bonchev–Trinajstić information content (AvgIpc) is 1.97. The molecule has 0 aliphatic heterocycles. The number of hydrogen-bond acceptors (Lipinski definition) is 5. The summed E-state index contributed by atoms with van der Waals surface area (Å²) < 4.78 is 9.66. The first-order chi connectivity index (χ1) is 5.54. The van der Waals surface area contributed by atoms with E-state index >= 15 is 0 Å². The van der Waals surface area contributed by atoms with E-state index in [0.29, 0.717) is 11.7 Å². The number of thiol groups is 1. The third-order valence-electron chi connectivity index (χ3n) is 0.974. The first-order valence-corrected chi connectivity index (χ1v) is 4.44. The molecule has 70 valence electrons. The van der Waals surface area contributed by atoms with Gasteiger partial charge >= 0.3 is 5.97 Å². The standard InChI is InChI=1S/C7H12O3S2/c1-5(11)7(8)10-4-3-9-6(2)12/h5,11H,3-4H2,1-2H3. The summed E-state index contributed by atoms with van der Waals surface area (Å²) in [5, 5.41) is 0.0588. The Bertz CT molecular complexity index is 168. The highest BCUT2D eigenvalue weighted by Crippen LogP contribution is 1.95. The lowest BCUT2D eigenvalue weighted by atomic mass is 10.5. The van der Waals surface area contributed by atoms with E-state index in [4.69, 9.17) is 9.47 Å². The Morgan fingerprint density at radius 2 is 2.00 bits per heavy atom. The van der Waals surface area contributed by atoms with Crippen molar-refractivity contribution in [1.82, 2.24) is 0 Å². The van der Waals surface area contributed by atoms with Crippen molar-refractivity contribution in [2.24, 2.45) is 0 Å². The molecule has 0 amide bonds. The maximum Gasteiger partial charge on any atom is 0.318 e. The molecule has 1 unspecified atom stereocenters. The SMILES string of the molecule is CC(=S)OCCOC(=O)C(C)S. The molecule has 0 aromatic carbocycles. The molecule has 0 fully saturated rings. The van der Waals surface area contributed by atoms with Crippen LogP contribution in [-0.4, -0.2) is 29.5 Å². The van der Waals surface area contributed by atoms with Gasteiger partial charge in [0, 0.05) is 6.92 Å². The largest absolute Gasteiger partial charge is 0.484 e. The normalized spacial score (nSPS) is 11.9. The van der Waals surface area contributed by atoms with Crippen LogP contribution in [0.3, 0.4) is 0 Å². The number of thiocarbonyl (C=S) groups is 1. The fourth-order valence-electron chi connectivity index (χ4n) is 0.448. The highest BCUT2D eigenvalue weighted by molar-refractivity contribution is 7.81. The van der Waals surface area contributed by atoms with Gasteiger partial charge in [-0.2, -0.15) is 12.6 Å². The number of carbonyl (C=O) groups is 1. The Morgan fingerprint density at radius 1 is 1.50 bits per heavy atom. The van der Waals surface area contributed by atoms with E-state index in [1.54, 1.807) is 13.8 Å². The topological polar surface area (TPSA) is 35.5 Å². The monoisotopic (exact) mass is 208 g/mol. The van der Waals surface area contributed by atoms with E-state index in [1.165, 1.54) is 0 Å². The number of carbonyl (C=O) groups excluding carboxylic acids is 1. The lowest BCUT2D eigenvalue weighted by Gasteiger charge is -2.06. The fourth-order valence-corrected chi connectivity index (χ4v) is 0.606. The third kappa shape index (κ3) is 6.42. The molecule has 0 radical (unpaired) electrons. The summed E-state index contributed by atoms with van der Waals surface area (Å²) in [5.74, 6) is -0.344. The second-order valence-corrected chi connectivity index (χ2v) is 3.53. The summed E-state index contributed by atoms with van der Waals surface area (Å²) >= 11 is 8.54. The smallest absolute Gasteiger partial charge is 0.318 e. The van der Waals surface area contributed by atoms with Gasteiger partial charge in [0.1, 0.15) is 13.2 Å². The molecular formula is C7H12O3S2. The van der Waals surface area contributed by atoms with Crippen LogP contribution in [-0.2, 0) is 14.3 Å². The van der Waals surface area contributed by atoms with Gasteiger partial charge in [0.2, 0.25) is 0 Å². The minimum Gasteiger partial charge on any atom is -0.484 e. The molecule has 0 aliphatic rings. The van der Waals surface area contributed by atoms with Crippen molar-refractivity contribution in [2.45, 2.75) is 19.1 Å². The first kappa shape index (κ1) is 11.7. The van der Waals surface area contributed by atoms with Gasteiger partial charge in [-0.15, -0.1) is 0 Å². The predicted molar refractivity (Wildman–Crippen MR) is 53.6 cm³/mol. The minimum absolute atomic E-state index is 0.220. The Morgan fingerprint density at radius 3 is 2.42 bits per heavy atom. The summed E-state index contributed by atoms with van der Waals surface area (Å²) in [4.78, 5) is 10.8. The molecule has 5 heteroatoms. The van der Waals surface area contributed by atoms with Crippen LogP contribution in [0, 0.1) is 0 Å². The van der Waals surface area contributed by atoms with E-state index in [9.17, 15) is 4.79 Å². The van der Waals surface area contributed by atoms with E-state index in [2.05, 4.69) is 24.8 Å². The van der Waals surface area contributed by atoms with Crippen molar-refractivity contribution in [3.63, 3.8) is 0 Å². The van der Waals surface area contributed by atoms with Crippen molar-refractivity contribution < 1.29 is 14.3 Å². The van der Waals surface area contributed by atoms with Gasteiger partial charge in [-0.25, -0.2) is 0 Å². The summed E-state index contributed by atoms with van der Waals surface area (Å²) in [6.45, 7) is 3.84. The lowest BCUT2D eigenvalue weighted by molar-refractivity contribution is -0.143. The van der Waals surface area contributed by atoms with E-state index in [0.717, 1.165) is 0 Å². The number of esters is 1. The van der Waals surface area contributed by atoms with E-state index in [-0.39, 0.29) is 12.6 Å². The average molecular weight is 208 g/mol. The van der Waals surface area contributed by atoms with E-state index in [1.807, 2.05) is 0 Å². The molecule has 1 atom stereocenters. The fraction of sp³-hybridized carbons (Fsp3) is 0.714. The quantitative estimate of drug-likeness (QED) is 0.326. The van der Waals surface area contributed by atoms with Crippen LogP contribution >= 0.6 is 24.8 Å². The van der Waals surface area contributed by atoms with Crippen LogP contribution in [0.5, 0.6) is 0 Å². The molecule has 0 aromatic rings. The molecule has 0 aromatic heterocycles. The Balaban J connectivity index is 3.32.